The molecular formula is C11H9ClN2OS. The Labute approximate surface area is 102 Å². The number of thiophene rings is 1. The summed E-state index contributed by atoms with van der Waals surface area (Å²) in [6.07, 6.45) is 3.42. The first-order valence-electron chi connectivity index (χ1n) is 4.67. The fourth-order valence-corrected chi connectivity index (χ4v) is 2.19. The lowest BCUT2D eigenvalue weighted by Crippen LogP contribution is -2.21. The van der Waals surface area contributed by atoms with E-state index in [2.05, 4.69) is 10.3 Å². The Hall–Kier alpha value is -1.39. The third kappa shape index (κ3) is 2.81. The number of hydrogen-bond donors (Lipinski definition) is 1. The summed E-state index contributed by atoms with van der Waals surface area (Å²) in [5.41, 5.74) is 0.971. The second-order valence-corrected chi connectivity index (χ2v) is 4.52. The first-order chi connectivity index (χ1) is 7.75. The zero-order chi connectivity index (χ0) is 11.4. The van der Waals surface area contributed by atoms with E-state index in [1.54, 1.807) is 23.8 Å². The highest BCUT2D eigenvalue weighted by Gasteiger charge is 2.07. The molecule has 82 valence electrons. The number of amides is 1. The smallest absolute Gasteiger partial charge is 0.261 e. The lowest BCUT2D eigenvalue weighted by molar-refractivity contribution is 0.0955. The maximum absolute atomic E-state index is 11.7. The van der Waals surface area contributed by atoms with Crippen molar-refractivity contribution in [2.24, 2.45) is 0 Å². The molecule has 0 unspecified atom stereocenters. The Morgan fingerprint density at radius 2 is 2.44 bits per heavy atom. The van der Waals surface area contributed by atoms with Crippen LogP contribution in [0.25, 0.3) is 0 Å². The zero-order valence-electron chi connectivity index (χ0n) is 8.31. The second kappa shape index (κ2) is 5.09. The van der Waals surface area contributed by atoms with Gasteiger partial charge in [-0.05, 0) is 17.7 Å². The number of nitrogens with zero attached hydrogens (tertiary/aromatic N) is 1. The van der Waals surface area contributed by atoms with Gasteiger partial charge in [0.05, 0.1) is 9.90 Å². The second-order valence-electron chi connectivity index (χ2n) is 3.17. The van der Waals surface area contributed by atoms with Crippen LogP contribution < -0.4 is 5.32 Å². The first-order valence-corrected chi connectivity index (χ1v) is 5.92. The lowest BCUT2D eigenvalue weighted by atomic mass is 10.3. The van der Waals surface area contributed by atoms with E-state index in [9.17, 15) is 4.79 Å². The van der Waals surface area contributed by atoms with Gasteiger partial charge in [-0.3, -0.25) is 9.78 Å². The molecule has 1 N–H and O–H groups in total. The van der Waals surface area contributed by atoms with Gasteiger partial charge in [-0.1, -0.05) is 17.7 Å². The van der Waals surface area contributed by atoms with Crippen LogP contribution in [0.2, 0.25) is 5.02 Å². The molecular weight excluding hydrogens is 244 g/mol. The van der Waals surface area contributed by atoms with Gasteiger partial charge in [0.2, 0.25) is 0 Å². The fraction of sp³-hybridized carbons (Fsp3) is 0.0909. The van der Waals surface area contributed by atoms with Crippen LogP contribution in [0.3, 0.4) is 0 Å². The number of halogens is 1. The predicted octanol–water partition coefficient (Wildman–Crippen LogP) is 2.73. The monoisotopic (exact) mass is 252 g/mol. The Morgan fingerprint density at radius 3 is 3.06 bits per heavy atom. The number of nitrogens with one attached hydrogen (secondary N) is 1. The van der Waals surface area contributed by atoms with Crippen LogP contribution in [0.4, 0.5) is 0 Å². The van der Waals surface area contributed by atoms with Gasteiger partial charge in [0.15, 0.2) is 0 Å². The van der Waals surface area contributed by atoms with E-state index in [0.717, 1.165) is 5.56 Å². The Balaban J connectivity index is 1.94. The van der Waals surface area contributed by atoms with Gasteiger partial charge >= 0.3 is 0 Å². The standard InChI is InChI=1S/C11H9ClN2OS/c12-9-4-10(16-7-9)11(15)14-6-8-2-1-3-13-5-8/h1-5,7H,6H2,(H,14,15). The molecule has 0 spiro atoms. The third-order valence-corrected chi connectivity index (χ3v) is 3.24. The normalized spacial score (nSPS) is 10.1. The first kappa shape index (κ1) is 11.1. The molecule has 0 saturated carbocycles. The minimum absolute atomic E-state index is 0.110. The molecule has 0 atom stereocenters. The molecule has 16 heavy (non-hydrogen) atoms. The van der Waals surface area contributed by atoms with E-state index < -0.39 is 0 Å². The van der Waals surface area contributed by atoms with E-state index in [4.69, 9.17) is 11.6 Å². The largest absolute Gasteiger partial charge is 0.347 e. The van der Waals surface area contributed by atoms with Crippen molar-refractivity contribution in [3.05, 3.63) is 51.4 Å². The maximum Gasteiger partial charge on any atom is 0.261 e. The van der Waals surface area contributed by atoms with E-state index in [0.29, 0.717) is 16.4 Å². The van der Waals surface area contributed by atoms with Crippen molar-refractivity contribution >= 4 is 28.8 Å². The van der Waals surface area contributed by atoms with Gasteiger partial charge in [0.25, 0.3) is 5.91 Å². The average molecular weight is 253 g/mol. The molecule has 0 saturated heterocycles. The molecule has 0 aliphatic heterocycles. The summed E-state index contributed by atoms with van der Waals surface area (Å²) in [7, 11) is 0. The summed E-state index contributed by atoms with van der Waals surface area (Å²) in [5.74, 6) is -0.110. The van der Waals surface area contributed by atoms with Crippen LogP contribution >= 0.6 is 22.9 Å². The van der Waals surface area contributed by atoms with Crippen molar-refractivity contribution in [3.8, 4) is 0 Å². The molecule has 0 radical (unpaired) electrons. The van der Waals surface area contributed by atoms with Gasteiger partial charge < -0.3 is 5.32 Å². The van der Waals surface area contributed by atoms with Crippen molar-refractivity contribution in [1.29, 1.82) is 0 Å². The minimum Gasteiger partial charge on any atom is -0.347 e. The number of carbonyl (C=O) groups excluding carboxylic acids is 1. The summed E-state index contributed by atoms with van der Waals surface area (Å²) >= 11 is 7.08. The zero-order valence-corrected chi connectivity index (χ0v) is 9.89. The summed E-state index contributed by atoms with van der Waals surface area (Å²) in [4.78, 5) is 16.2. The molecule has 5 heteroatoms. The molecule has 2 aromatic heterocycles. The molecule has 0 aliphatic rings. The number of carbonyl (C=O) groups is 1. The highest BCUT2D eigenvalue weighted by molar-refractivity contribution is 7.12. The number of aromatic nitrogens is 1. The summed E-state index contributed by atoms with van der Waals surface area (Å²) < 4.78 is 0. The predicted molar refractivity (Wildman–Crippen MR) is 64.7 cm³/mol. The summed E-state index contributed by atoms with van der Waals surface area (Å²) in [5, 5.41) is 5.13. The Bertz CT molecular complexity index is 484. The van der Waals surface area contributed by atoms with Crippen LogP contribution in [0.5, 0.6) is 0 Å². The molecule has 0 fully saturated rings. The van der Waals surface area contributed by atoms with Gasteiger partial charge in [0, 0.05) is 24.3 Å². The quantitative estimate of drug-likeness (QED) is 0.913. The van der Waals surface area contributed by atoms with E-state index >= 15 is 0 Å². The Kier molecular flexibility index (Phi) is 3.54. The van der Waals surface area contributed by atoms with Crippen molar-refractivity contribution < 1.29 is 4.79 Å². The van der Waals surface area contributed by atoms with E-state index in [1.165, 1.54) is 11.3 Å². The fourth-order valence-electron chi connectivity index (χ4n) is 1.20. The summed E-state index contributed by atoms with van der Waals surface area (Å²) in [6.45, 7) is 0.474. The number of hydrogen-bond acceptors (Lipinski definition) is 3. The van der Waals surface area contributed by atoms with Gasteiger partial charge in [-0.25, -0.2) is 0 Å². The molecule has 1 amide bonds. The number of rotatable bonds is 3. The van der Waals surface area contributed by atoms with E-state index in [-0.39, 0.29) is 5.91 Å². The Morgan fingerprint density at radius 1 is 1.56 bits per heavy atom. The van der Waals surface area contributed by atoms with Crippen molar-refractivity contribution in [1.82, 2.24) is 10.3 Å². The van der Waals surface area contributed by atoms with Crippen LogP contribution in [-0.4, -0.2) is 10.9 Å². The van der Waals surface area contributed by atoms with Gasteiger partial charge in [0.1, 0.15) is 0 Å². The number of pyridine rings is 1. The van der Waals surface area contributed by atoms with Gasteiger partial charge in [-0.15, -0.1) is 11.3 Å². The van der Waals surface area contributed by atoms with Crippen molar-refractivity contribution in [2.75, 3.05) is 0 Å². The third-order valence-electron chi connectivity index (χ3n) is 1.97. The molecule has 0 bridgehead atoms. The van der Waals surface area contributed by atoms with Crippen LogP contribution in [0.15, 0.2) is 36.0 Å². The van der Waals surface area contributed by atoms with Gasteiger partial charge in [-0.2, -0.15) is 0 Å². The van der Waals surface area contributed by atoms with Crippen LogP contribution in [0.1, 0.15) is 15.2 Å². The molecule has 0 aromatic carbocycles. The average Bonchev–Trinajstić information content (AvgIpc) is 2.74. The van der Waals surface area contributed by atoms with Crippen LogP contribution in [-0.2, 0) is 6.54 Å². The molecule has 2 rings (SSSR count). The molecule has 2 aromatic rings. The van der Waals surface area contributed by atoms with Crippen molar-refractivity contribution in [2.45, 2.75) is 6.54 Å². The summed E-state index contributed by atoms with van der Waals surface area (Å²) in [6, 6.07) is 5.41. The molecule has 0 aliphatic carbocycles. The topological polar surface area (TPSA) is 42.0 Å². The van der Waals surface area contributed by atoms with E-state index in [1.807, 2.05) is 12.1 Å². The maximum atomic E-state index is 11.7. The van der Waals surface area contributed by atoms with Crippen molar-refractivity contribution in [3.63, 3.8) is 0 Å². The SMILES string of the molecule is O=C(NCc1cccnc1)c1cc(Cl)cs1. The molecule has 3 nitrogen and oxygen atoms in total. The molecule has 2 heterocycles. The van der Waals surface area contributed by atoms with Crippen LogP contribution in [0, 0.1) is 0 Å². The highest BCUT2D eigenvalue weighted by atomic mass is 35.5. The minimum atomic E-state index is -0.110. The highest BCUT2D eigenvalue weighted by Crippen LogP contribution is 2.18. The lowest BCUT2D eigenvalue weighted by Gasteiger charge is -2.02.